The van der Waals surface area contributed by atoms with E-state index < -0.39 is 30.1 Å². The summed E-state index contributed by atoms with van der Waals surface area (Å²) in [5.74, 6) is -0.957. The number of aryl methyl sites for hydroxylation is 2. The van der Waals surface area contributed by atoms with Gasteiger partial charge in [-0.1, -0.05) is 19.9 Å². The Bertz CT molecular complexity index is 1220. The molecule has 1 aliphatic rings. The molecule has 0 bridgehead atoms. The van der Waals surface area contributed by atoms with Gasteiger partial charge in [0.15, 0.2) is 0 Å². The first-order valence-electron chi connectivity index (χ1n) is 11.0. The van der Waals surface area contributed by atoms with Gasteiger partial charge in [-0.15, -0.1) is 0 Å². The zero-order chi connectivity index (χ0) is 23.9. The summed E-state index contributed by atoms with van der Waals surface area (Å²) >= 11 is 0. The monoisotopic (exact) mass is 452 g/mol. The molecule has 3 atom stereocenters. The van der Waals surface area contributed by atoms with Crippen LogP contribution in [0.1, 0.15) is 37.8 Å². The van der Waals surface area contributed by atoms with Gasteiger partial charge in [0.2, 0.25) is 12.0 Å². The van der Waals surface area contributed by atoms with Crippen molar-refractivity contribution in [3.8, 4) is 17.1 Å². The first-order valence-corrected chi connectivity index (χ1v) is 11.0. The summed E-state index contributed by atoms with van der Waals surface area (Å²) in [6.45, 7) is 8.70. The normalized spacial score (nSPS) is 17.8. The number of aliphatic hydroxyl groups is 1. The number of amides is 2. The number of fused-ring (bicyclic) bond motifs is 1. The molecule has 1 aromatic carbocycles. The number of carbonyl (C=O) groups is 2. The van der Waals surface area contributed by atoms with Crippen LogP contribution in [0.4, 0.5) is 4.79 Å². The summed E-state index contributed by atoms with van der Waals surface area (Å²) in [7, 11) is 1.51. The molecule has 0 saturated carbocycles. The molecule has 9 heteroatoms. The van der Waals surface area contributed by atoms with Crippen LogP contribution in [0.15, 0.2) is 30.5 Å². The molecular formula is C24H28N4O5. The molecule has 0 aliphatic carbocycles. The average Bonchev–Trinajstić information content (AvgIpc) is 3.36. The second kappa shape index (κ2) is 8.82. The predicted molar refractivity (Wildman–Crippen MR) is 122 cm³/mol. The molecule has 3 heterocycles. The van der Waals surface area contributed by atoms with E-state index in [4.69, 9.17) is 14.5 Å². The van der Waals surface area contributed by atoms with Crippen LogP contribution in [0.3, 0.4) is 0 Å². The number of cyclic esters (lactones) is 1. The molecule has 33 heavy (non-hydrogen) atoms. The van der Waals surface area contributed by atoms with E-state index in [1.165, 1.54) is 7.11 Å². The van der Waals surface area contributed by atoms with Crippen LogP contribution < -0.4 is 10.1 Å². The Labute approximate surface area is 191 Å². The highest BCUT2D eigenvalue weighted by molar-refractivity contribution is 6.00. The Morgan fingerprint density at radius 3 is 2.64 bits per heavy atom. The lowest BCUT2D eigenvalue weighted by Crippen LogP contribution is -2.40. The van der Waals surface area contributed by atoms with Crippen LogP contribution in [-0.2, 0) is 16.1 Å². The maximum absolute atomic E-state index is 12.1. The first-order chi connectivity index (χ1) is 15.7. The van der Waals surface area contributed by atoms with Crippen LogP contribution in [0.5, 0.6) is 5.88 Å². The van der Waals surface area contributed by atoms with Crippen molar-refractivity contribution in [1.82, 2.24) is 20.1 Å². The quantitative estimate of drug-likeness (QED) is 0.566. The lowest BCUT2D eigenvalue weighted by Gasteiger charge is -2.29. The van der Waals surface area contributed by atoms with Gasteiger partial charge in [0.1, 0.15) is 6.10 Å². The third-order valence-corrected chi connectivity index (χ3v) is 6.06. The van der Waals surface area contributed by atoms with E-state index >= 15 is 0 Å². The molecule has 2 aromatic heterocycles. The number of aromatic nitrogens is 3. The van der Waals surface area contributed by atoms with Crippen LogP contribution in [0.25, 0.3) is 22.2 Å². The summed E-state index contributed by atoms with van der Waals surface area (Å²) in [5, 5.41) is 18.7. The Balaban J connectivity index is 1.73. The van der Waals surface area contributed by atoms with Crippen molar-refractivity contribution in [2.24, 2.45) is 5.92 Å². The van der Waals surface area contributed by atoms with Gasteiger partial charge in [-0.25, -0.2) is 9.78 Å². The fourth-order valence-corrected chi connectivity index (χ4v) is 4.41. The van der Waals surface area contributed by atoms with Crippen molar-refractivity contribution in [1.29, 1.82) is 0 Å². The number of methoxy groups -OCH3 is 1. The van der Waals surface area contributed by atoms with Gasteiger partial charge in [0, 0.05) is 35.2 Å². The molecule has 174 valence electrons. The third-order valence-electron chi connectivity index (χ3n) is 6.06. The number of carbonyl (C=O) groups excluding carboxylic acids is 2. The largest absolute Gasteiger partial charge is 0.481 e. The van der Waals surface area contributed by atoms with E-state index in [-0.39, 0.29) is 5.92 Å². The number of hydrogen-bond donors (Lipinski definition) is 2. The number of ether oxygens (including phenoxy) is 2. The van der Waals surface area contributed by atoms with Crippen LogP contribution >= 0.6 is 0 Å². The standard InChI is InChI=1S/C24H28N4O5/c1-6-28-11-16-13(4)9-14(10-18(16)27-28)17-8-7-15(23(25-17)32-5)19(12(2)3)20(29)21-22(30)26-24(31)33-21/h7-12,19-21,29H,6H2,1-5H3,(H,26,30,31). The molecule has 4 rings (SSSR count). The Kier molecular flexibility index (Phi) is 6.07. The van der Waals surface area contributed by atoms with Gasteiger partial charge in [0.25, 0.3) is 5.91 Å². The minimum atomic E-state index is -1.28. The SMILES string of the molecule is CCn1cc2c(C)cc(-c3ccc(C(C(C)C)C(O)C4OC(=O)NC4=O)c(OC)n3)cc2n1. The van der Waals surface area contributed by atoms with Crippen molar-refractivity contribution in [2.75, 3.05) is 7.11 Å². The molecule has 0 radical (unpaired) electrons. The highest BCUT2D eigenvalue weighted by atomic mass is 16.6. The second-order valence-corrected chi connectivity index (χ2v) is 8.58. The number of pyridine rings is 1. The number of imide groups is 1. The van der Waals surface area contributed by atoms with E-state index in [0.717, 1.165) is 28.6 Å². The number of rotatable bonds is 7. The van der Waals surface area contributed by atoms with Crippen molar-refractivity contribution < 1.29 is 24.2 Å². The topological polar surface area (TPSA) is 116 Å². The van der Waals surface area contributed by atoms with Gasteiger partial charge in [-0.05, 0) is 43.5 Å². The van der Waals surface area contributed by atoms with Crippen molar-refractivity contribution in [3.63, 3.8) is 0 Å². The van der Waals surface area contributed by atoms with E-state index in [1.807, 2.05) is 56.8 Å². The minimum Gasteiger partial charge on any atom is -0.481 e. The van der Waals surface area contributed by atoms with E-state index in [9.17, 15) is 14.7 Å². The zero-order valence-electron chi connectivity index (χ0n) is 19.3. The predicted octanol–water partition coefficient (Wildman–Crippen LogP) is 3.17. The summed E-state index contributed by atoms with van der Waals surface area (Å²) in [4.78, 5) is 28.2. The first kappa shape index (κ1) is 22.7. The van der Waals surface area contributed by atoms with Crippen molar-refractivity contribution in [3.05, 3.63) is 41.6 Å². The lowest BCUT2D eigenvalue weighted by molar-refractivity contribution is -0.129. The number of nitrogens with one attached hydrogen (secondary N) is 1. The molecule has 1 saturated heterocycles. The molecule has 3 aromatic rings. The van der Waals surface area contributed by atoms with Gasteiger partial charge in [-0.3, -0.25) is 14.8 Å². The Morgan fingerprint density at radius 2 is 2.03 bits per heavy atom. The van der Waals surface area contributed by atoms with Gasteiger partial charge in [0.05, 0.1) is 18.3 Å². The van der Waals surface area contributed by atoms with Crippen LogP contribution in [-0.4, -0.2) is 51.2 Å². The van der Waals surface area contributed by atoms with Crippen LogP contribution in [0, 0.1) is 12.8 Å². The number of hydrogen-bond acceptors (Lipinski definition) is 7. The Morgan fingerprint density at radius 1 is 1.27 bits per heavy atom. The summed E-state index contributed by atoms with van der Waals surface area (Å²) in [6.07, 6.45) is -1.36. The molecule has 9 nitrogen and oxygen atoms in total. The smallest absolute Gasteiger partial charge is 0.414 e. The van der Waals surface area contributed by atoms with Gasteiger partial charge in [-0.2, -0.15) is 5.10 Å². The Hall–Kier alpha value is -3.46. The summed E-state index contributed by atoms with van der Waals surface area (Å²) in [6, 6.07) is 7.75. The van der Waals surface area contributed by atoms with Gasteiger partial charge < -0.3 is 14.6 Å². The van der Waals surface area contributed by atoms with E-state index in [0.29, 0.717) is 17.1 Å². The minimum absolute atomic E-state index is 0.0924. The molecular weight excluding hydrogens is 424 g/mol. The molecule has 3 unspecified atom stereocenters. The third kappa shape index (κ3) is 4.16. The molecule has 1 fully saturated rings. The number of nitrogens with zero attached hydrogens (tertiary/aromatic N) is 3. The maximum Gasteiger partial charge on any atom is 0.414 e. The molecule has 0 spiro atoms. The fourth-order valence-electron chi connectivity index (χ4n) is 4.41. The highest BCUT2D eigenvalue weighted by Gasteiger charge is 2.43. The number of aliphatic hydroxyl groups excluding tert-OH is 1. The van der Waals surface area contributed by atoms with Crippen molar-refractivity contribution >= 4 is 22.9 Å². The summed E-state index contributed by atoms with van der Waals surface area (Å²) in [5.41, 5.74) is 4.22. The second-order valence-electron chi connectivity index (χ2n) is 8.58. The van der Waals surface area contributed by atoms with E-state index in [1.54, 1.807) is 0 Å². The fraction of sp³-hybridized carbons (Fsp3) is 0.417. The zero-order valence-corrected chi connectivity index (χ0v) is 19.3. The maximum atomic E-state index is 12.1. The number of alkyl carbamates (subject to hydrolysis) is 1. The van der Waals surface area contributed by atoms with Gasteiger partial charge >= 0.3 is 6.09 Å². The molecule has 2 N–H and O–H groups in total. The highest BCUT2D eigenvalue weighted by Crippen LogP contribution is 2.37. The summed E-state index contributed by atoms with van der Waals surface area (Å²) < 4.78 is 12.5. The van der Waals surface area contributed by atoms with Crippen molar-refractivity contribution in [2.45, 2.75) is 52.4 Å². The van der Waals surface area contributed by atoms with Crippen LogP contribution in [0.2, 0.25) is 0 Å². The number of benzene rings is 1. The molecule has 1 aliphatic heterocycles. The lowest BCUT2D eigenvalue weighted by atomic mass is 9.81. The average molecular weight is 453 g/mol. The van der Waals surface area contributed by atoms with E-state index in [2.05, 4.69) is 16.5 Å². The molecule has 2 amide bonds.